The van der Waals surface area contributed by atoms with E-state index in [-0.39, 0.29) is 0 Å². The van der Waals surface area contributed by atoms with Crippen molar-refractivity contribution < 1.29 is 9.90 Å². The van der Waals surface area contributed by atoms with E-state index in [0.29, 0.717) is 5.41 Å². The minimum absolute atomic E-state index is 0.406. The molecule has 0 heterocycles. The predicted molar refractivity (Wildman–Crippen MR) is 121 cm³/mol. The highest BCUT2D eigenvalue weighted by Crippen LogP contribution is 2.40. The van der Waals surface area contributed by atoms with E-state index in [4.69, 9.17) is 5.11 Å². The number of aliphatic carboxylic acids is 1. The molecule has 1 N–H and O–H groups in total. The maximum atomic E-state index is 10.5. The van der Waals surface area contributed by atoms with E-state index in [1.54, 1.807) is 6.92 Å². The maximum Gasteiger partial charge on any atom is 0.310 e. The van der Waals surface area contributed by atoms with Crippen molar-refractivity contribution in [3.63, 3.8) is 0 Å². The Kier molecular flexibility index (Phi) is 9.72. The first-order valence-electron chi connectivity index (χ1n) is 10.1. The Balaban J connectivity index is 0.000000213. The fourth-order valence-corrected chi connectivity index (χ4v) is 2.97. The second-order valence-electron chi connectivity index (χ2n) is 8.53. The minimum atomic E-state index is -0.781. The number of aryl methyl sites for hydroxylation is 1. The number of benzene rings is 2. The van der Waals surface area contributed by atoms with Crippen LogP contribution < -0.4 is 0 Å². The molecule has 152 valence electrons. The summed E-state index contributed by atoms with van der Waals surface area (Å²) in [6.45, 7) is 14.5. The highest BCUT2D eigenvalue weighted by molar-refractivity contribution is 5.75. The lowest BCUT2D eigenvalue weighted by Crippen LogP contribution is -2.26. The first-order chi connectivity index (χ1) is 13.2. The fourth-order valence-electron chi connectivity index (χ4n) is 2.97. The first-order valence-corrected chi connectivity index (χ1v) is 10.1. The van der Waals surface area contributed by atoms with Gasteiger partial charge in [-0.15, -0.1) is 0 Å². The van der Waals surface area contributed by atoms with Crippen LogP contribution in [0.25, 0.3) is 6.08 Å². The van der Waals surface area contributed by atoms with E-state index in [1.165, 1.54) is 30.4 Å². The second kappa shape index (κ2) is 11.5. The molecule has 1 fully saturated rings. The van der Waals surface area contributed by atoms with Gasteiger partial charge < -0.3 is 5.11 Å². The van der Waals surface area contributed by atoms with Crippen molar-refractivity contribution in [2.24, 2.45) is 11.3 Å². The van der Waals surface area contributed by atoms with Gasteiger partial charge in [0.05, 0.1) is 5.92 Å². The van der Waals surface area contributed by atoms with Gasteiger partial charge in [0.25, 0.3) is 0 Å². The van der Waals surface area contributed by atoms with Gasteiger partial charge >= 0.3 is 5.97 Å². The molecular formula is C26H36O2. The van der Waals surface area contributed by atoms with Crippen LogP contribution in [0.15, 0.2) is 61.2 Å². The Morgan fingerprint density at radius 2 is 1.61 bits per heavy atom. The van der Waals surface area contributed by atoms with Crippen molar-refractivity contribution in [1.82, 2.24) is 0 Å². The highest BCUT2D eigenvalue weighted by atomic mass is 16.4. The third-order valence-electron chi connectivity index (χ3n) is 5.41. The molecule has 2 aromatic rings. The molecule has 1 unspecified atom stereocenters. The maximum absolute atomic E-state index is 10.5. The van der Waals surface area contributed by atoms with Gasteiger partial charge in [0.1, 0.15) is 0 Å². The lowest BCUT2D eigenvalue weighted by atomic mass is 9.69. The van der Waals surface area contributed by atoms with Gasteiger partial charge in [-0.25, -0.2) is 0 Å². The molecule has 0 aromatic heterocycles. The Morgan fingerprint density at radius 3 is 1.93 bits per heavy atom. The number of hydrogen-bond acceptors (Lipinski definition) is 1. The molecule has 0 amide bonds. The molecule has 0 aliphatic heterocycles. The molecule has 2 heteroatoms. The largest absolute Gasteiger partial charge is 0.481 e. The summed E-state index contributed by atoms with van der Waals surface area (Å²) in [6.07, 6.45) is 6.30. The highest BCUT2D eigenvalue weighted by Gasteiger charge is 2.29. The quantitative estimate of drug-likeness (QED) is 0.604. The van der Waals surface area contributed by atoms with Crippen molar-refractivity contribution in [3.8, 4) is 0 Å². The van der Waals surface area contributed by atoms with E-state index < -0.39 is 11.9 Å². The molecule has 0 saturated heterocycles. The van der Waals surface area contributed by atoms with E-state index in [0.717, 1.165) is 11.5 Å². The molecule has 3 rings (SSSR count). The summed E-state index contributed by atoms with van der Waals surface area (Å²) < 4.78 is 0. The third kappa shape index (κ3) is 8.12. The smallest absolute Gasteiger partial charge is 0.310 e. The summed E-state index contributed by atoms with van der Waals surface area (Å²) in [6, 6.07) is 17.4. The summed E-state index contributed by atoms with van der Waals surface area (Å²) in [5.41, 5.74) is 3.95. The number of carboxylic acid groups (broad SMARTS) is 1. The zero-order valence-corrected chi connectivity index (χ0v) is 18.1. The summed E-state index contributed by atoms with van der Waals surface area (Å²) >= 11 is 0. The van der Waals surface area contributed by atoms with Gasteiger partial charge in [0.15, 0.2) is 0 Å². The molecule has 1 atom stereocenters. The minimum Gasteiger partial charge on any atom is -0.481 e. The Bertz CT molecular complexity index is 722. The van der Waals surface area contributed by atoms with Crippen LogP contribution in [0.1, 0.15) is 69.6 Å². The zero-order chi connectivity index (χ0) is 21.2. The lowest BCUT2D eigenvalue weighted by Gasteiger charge is -2.37. The van der Waals surface area contributed by atoms with Gasteiger partial charge in [0, 0.05) is 0 Å². The monoisotopic (exact) mass is 380 g/mol. The van der Waals surface area contributed by atoms with Gasteiger partial charge in [-0.05, 0) is 54.7 Å². The van der Waals surface area contributed by atoms with E-state index in [2.05, 4.69) is 46.4 Å². The Labute approximate surface area is 171 Å². The molecule has 0 spiro atoms. The number of carbonyl (C=O) groups is 1. The van der Waals surface area contributed by atoms with Gasteiger partial charge in [0.2, 0.25) is 0 Å². The molecule has 1 aliphatic carbocycles. The van der Waals surface area contributed by atoms with Crippen LogP contribution in [0.4, 0.5) is 0 Å². The van der Waals surface area contributed by atoms with Crippen LogP contribution in [0.5, 0.6) is 0 Å². The average Bonchev–Trinajstić information content (AvgIpc) is 2.60. The number of rotatable bonds is 3. The molecule has 2 nitrogen and oxygen atoms in total. The SMILES string of the molecule is C=Cc1ccccc1C.CC(C(=O)O)c1ccccc1.CC(C)(C)C1CCC1. The van der Waals surface area contributed by atoms with E-state index in [1.807, 2.05) is 48.5 Å². The molecule has 1 saturated carbocycles. The van der Waals surface area contributed by atoms with Gasteiger partial charge in [-0.2, -0.15) is 0 Å². The van der Waals surface area contributed by atoms with E-state index in [9.17, 15) is 4.79 Å². The van der Waals surface area contributed by atoms with E-state index >= 15 is 0 Å². The first kappa shape index (κ1) is 23.7. The Morgan fingerprint density at radius 1 is 1.07 bits per heavy atom. The van der Waals surface area contributed by atoms with Crippen LogP contribution in [0.2, 0.25) is 0 Å². The van der Waals surface area contributed by atoms with Gasteiger partial charge in [-0.3, -0.25) is 4.79 Å². The average molecular weight is 381 g/mol. The summed E-state index contributed by atoms with van der Waals surface area (Å²) in [7, 11) is 0. The number of carboxylic acids is 1. The van der Waals surface area contributed by atoms with Crippen molar-refractivity contribution in [2.75, 3.05) is 0 Å². The van der Waals surface area contributed by atoms with Gasteiger partial charge in [-0.1, -0.05) is 94.4 Å². The van der Waals surface area contributed by atoms with Crippen molar-refractivity contribution >= 4 is 12.0 Å². The lowest BCUT2D eigenvalue weighted by molar-refractivity contribution is -0.138. The molecule has 28 heavy (non-hydrogen) atoms. The standard InChI is InChI=1S/C9H10O2.C9H10.C8H16/c1-7(9(10)11)8-5-3-2-4-6-8;1-3-9-7-5-4-6-8(9)2;1-8(2,3)7-5-4-6-7/h2-7H,1H3,(H,10,11);3-7H,1H2,2H3;7H,4-6H2,1-3H3. The molecule has 2 aromatic carbocycles. The van der Waals surface area contributed by atoms with Crippen LogP contribution in [-0.4, -0.2) is 11.1 Å². The summed E-state index contributed by atoms with van der Waals surface area (Å²) in [5.74, 6) is -0.158. The predicted octanol–water partition coefficient (Wildman–Crippen LogP) is 7.35. The van der Waals surface area contributed by atoms with Crippen molar-refractivity contribution in [1.29, 1.82) is 0 Å². The summed E-state index contributed by atoms with van der Waals surface area (Å²) in [5, 5.41) is 8.64. The zero-order valence-electron chi connectivity index (χ0n) is 18.1. The third-order valence-corrected chi connectivity index (χ3v) is 5.41. The normalized spacial score (nSPS) is 14.3. The Hall–Kier alpha value is -2.35. The van der Waals surface area contributed by atoms with Crippen LogP contribution in [-0.2, 0) is 4.79 Å². The second-order valence-corrected chi connectivity index (χ2v) is 8.53. The van der Waals surface area contributed by atoms with Crippen molar-refractivity contribution in [3.05, 3.63) is 77.9 Å². The summed E-state index contributed by atoms with van der Waals surface area (Å²) in [4.78, 5) is 10.5. The molecule has 1 aliphatic rings. The topological polar surface area (TPSA) is 37.3 Å². The van der Waals surface area contributed by atoms with Crippen LogP contribution >= 0.6 is 0 Å². The van der Waals surface area contributed by atoms with Crippen molar-refractivity contribution in [2.45, 2.75) is 59.8 Å². The van der Waals surface area contributed by atoms with Crippen LogP contribution in [0.3, 0.4) is 0 Å². The molecular weight excluding hydrogens is 344 g/mol. The molecule has 0 radical (unpaired) electrons. The molecule has 0 bridgehead atoms. The van der Waals surface area contributed by atoms with Crippen LogP contribution in [0, 0.1) is 18.3 Å². The fraction of sp³-hybridized carbons (Fsp3) is 0.423. The number of hydrogen-bond donors (Lipinski definition) is 1.